The largest absolute Gasteiger partial charge is 0.476 e. The molecule has 1 aliphatic rings. The van der Waals surface area contributed by atoms with Gasteiger partial charge in [0.2, 0.25) is 0 Å². The van der Waals surface area contributed by atoms with Crippen LogP contribution in [-0.2, 0) is 0 Å². The first-order valence-corrected chi connectivity index (χ1v) is 7.99. The molecule has 2 aromatic rings. The molecule has 0 radical (unpaired) electrons. The molecule has 0 aromatic carbocycles. The molecular formula is C13H13ClN4O3S. The van der Waals surface area contributed by atoms with Crippen LogP contribution in [0.3, 0.4) is 0 Å². The van der Waals surface area contributed by atoms with Crippen LogP contribution in [0.1, 0.15) is 39.7 Å². The number of piperidine rings is 1. The van der Waals surface area contributed by atoms with Crippen molar-refractivity contribution in [2.45, 2.75) is 18.9 Å². The summed E-state index contributed by atoms with van der Waals surface area (Å²) in [4.78, 5) is 25.1. The number of hydrogen-bond donors (Lipinski definition) is 1. The normalized spacial score (nSPS) is 18.4. The molecule has 1 N–H and O–H groups in total. The molecule has 2 aromatic heterocycles. The van der Waals surface area contributed by atoms with Crippen molar-refractivity contribution in [1.29, 1.82) is 0 Å². The molecule has 0 spiro atoms. The van der Waals surface area contributed by atoms with E-state index in [1.54, 1.807) is 16.3 Å². The number of rotatable bonds is 3. The molecule has 7 nitrogen and oxygen atoms in total. The Morgan fingerprint density at radius 3 is 2.91 bits per heavy atom. The number of carbonyl (C=O) groups is 2. The first-order chi connectivity index (χ1) is 10.6. The van der Waals surface area contributed by atoms with Gasteiger partial charge < -0.3 is 10.0 Å². The van der Waals surface area contributed by atoms with Gasteiger partial charge in [0.25, 0.3) is 5.91 Å². The number of halogens is 1. The van der Waals surface area contributed by atoms with Gasteiger partial charge in [0, 0.05) is 13.1 Å². The first kappa shape index (κ1) is 15.0. The summed E-state index contributed by atoms with van der Waals surface area (Å²) >= 11 is 7.35. The van der Waals surface area contributed by atoms with Gasteiger partial charge in [-0.2, -0.15) is 0 Å². The zero-order valence-electron chi connectivity index (χ0n) is 11.5. The molecule has 3 rings (SSSR count). The number of carboxylic acids is 1. The number of aromatic nitrogens is 3. The van der Waals surface area contributed by atoms with Gasteiger partial charge in [-0.05, 0) is 24.3 Å². The lowest BCUT2D eigenvalue weighted by Gasteiger charge is -2.32. The van der Waals surface area contributed by atoms with Crippen LogP contribution in [0.2, 0.25) is 4.34 Å². The van der Waals surface area contributed by atoms with E-state index in [0.717, 1.165) is 12.8 Å². The van der Waals surface area contributed by atoms with Crippen LogP contribution in [0.4, 0.5) is 0 Å². The van der Waals surface area contributed by atoms with E-state index in [-0.39, 0.29) is 17.6 Å². The third kappa shape index (κ3) is 2.84. The summed E-state index contributed by atoms with van der Waals surface area (Å²) in [5.74, 6) is -1.21. The van der Waals surface area contributed by atoms with Crippen LogP contribution in [0.15, 0.2) is 17.6 Å². The summed E-state index contributed by atoms with van der Waals surface area (Å²) in [5, 5.41) is 18.2. The maximum Gasteiger partial charge on any atom is 0.358 e. The number of likely N-dealkylation sites (tertiary alicyclic amines) is 1. The van der Waals surface area contributed by atoms with Gasteiger partial charge in [-0.1, -0.05) is 16.8 Å². The van der Waals surface area contributed by atoms with E-state index < -0.39 is 5.97 Å². The van der Waals surface area contributed by atoms with Crippen LogP contribution >= 0.6 is 22.9 Å². The Labute approximate surface area is 135 Å². The number of carboxylic acid groups (broad SMARTS) is 1. The summed E-state index contributed by atoms with van der Waals surface area (Å²) in [6, 6.07) is 1.65. The second-order valence-electron chi connectivity index (χ2n) is 5.04. The molecule has 1 saturated heterocycles. The molecule has 0 bridgehead atoms. The van der Waals surface area contributed by atoms with Crippen LogP contribution in [0, 0.1) is 0 Å². The van der Waals surface area contributed by atoms with Crippen molar-refractivity contribution in [2.24, 2.45) is 0 Å². The van der Waals surface area contributed by atoms with E-state index >= 15 is 0 Å². The minimum atomic E-state index is -1.11. The van der Waals surface area contributed by atoms with Crippen LogP contribution in [-0.4, -0.2) is 50.0 Å². The van der Waals surface area contributed by atoms with E-state index in [4.69, 9.17) is 16.7 Å². The summed E-state index contributed by atoms with van der Waals surface area (Å²) in [6.45, 7) is 1.12. The standard InChI is InChI=1S/C13H13ClN4O3S/c14-11-9(3-5-22-11)12(19)17-4-1-2-8(6-17)18-7-10(13(20)21)15-16-18/h3,5,7-8H,1-2,4,6H2,(H,20,21). The Morgan fingerprint density at radius 1 is 1.45 bits per heavy atom. The SMILES string of the molecule is O=C(O)c1cn(C2CCCN(C(=O)c3ccsc3Cl)C2)nn1. The summed E-state index contributed by atoms with van der Waals surface area (Å²) in [6.07, 6.45) is 3.04. The predicted octanol–water partition coefficient (Wildman–Crippen LogP) is 2.17. The van der Waals surface area contributed by atoms with Crippen LogP contribution < -0.4 is 0 Å². The lowest BCUT2D eigenvalue weighted by Crippen LogP contribution is -2.40. The number of carbonyl (C=O) groups excluding carboxylic acids is 1. The zero-order valence-corrected chi connectivity index (χ0v) is 13.0. The fraction of sp³-hybridized carbons (Fsp3) is 0.385. The monoisotopic (exact) mass is 340 g/mol. The summed E-state index contributed by atoms with van der Waals surface area (Å²) in [5.41, 5.74) is 0.418. The van der Waals surface area contributed by atoms with Gasteiger partial charge in [0.05, 0.1) is 17.8 Å². The number of nitrogens with zero attached hydrogens (tertiary/aromatic N) is 4. The fourth-order valence-corrected chi connectivity index (χ4v) is 3.43. The highest BCUT2D eigenvalue weighted by molar-refractivity contribution is 7.14. The van der Waals surface area contributed by atoms with E-state index in [0.29, 0.717) is 23.0 Å². The zero-order chi connectivity index (χ0) is 15.7. The van der Waals surface area contributed by atoms with Gasteiger partial charge in [0.1, 0.15) is 4.34 Å². The van der Waals surface area contributed by atoms with E-state index in [2.05, 4.69) is 10.3 Å². The minimum absolute atomic E-state index is 0.0734. The third-order valence-electron chi connectivity index (χ3n) is 3.64. The molecule has 1 atom stereocenters. The molecule has 3 heterocycles. The average molecular weight is 341 g/mol. The second-order valence-corrected chi connectivity index (χ2v) is 6.56. The molecule has 1 amide bonds. The maximum absolute atomic E-state index is 12.5. The third-order valence-corrected chi connectivity index (χ3v) is 4.81. The molecule has 0 aliphatic carbocycles. The highest BCUT2D eigenvalue weighted by Gasteiger charge is 2.28. The summed E-state index contributed by atoms with van der Waals surface area (Å²) in [7, 11) is 0. The Kier molecular flexibility index (Phi) is 4.12. The van der Waals surface area contributed by atoms with E-state index in [9.17, 15) is 9.59 Å². The molecular weight excluding hydrogens is 328 g/mol. The van der Waals surface area contributed by atoms with Crippen molar-refractivity contribution in [3.63, 3.8) is 0 Å². The molecule has 9 heteroatoms. The van der Waals surface area contributed by atoms with Crippen LogP contribution in [0.5, 0.6) is 0 Å². The lowest BCUT2D eigenvalue weighted by atomic mass is 10.1. The Hall–Kier alpha value is -1.93. The van der Waals surface area contributed by atoms with Crippen molar-refractivity contribution in [2.75, 3.05) is 13.1 Å². The molecule has 1 unspecified atom stereocenters. The minimum Gasteiger partial charge on any atom is -0.476 e. The molecule has 116 valence electrons. The van der Waals surface area contributed by atoms with Crippen molar-refractivity contribution >= 4 is 34.8 Å². The molecule has 1 aliphatic heterocycles. The van der Waals surface area contributed by atoms with Crippen molar-refractivity contribution in [3.05, 3.63) is 33.2 Å². The Bertz CT molecular complexity index is 714. The van der Waals surface area contributed by atoms with E-state index in [1.165, 1.54) is 22.2 Å². The lowest BCUT2D eigenvalue weighted by molar-refractivity contribution is 0.0666. The molecule has 22 heavy (non-hydrogen) atoms. The van der Waals surface area contributed by atoms with Crippen molar-refractivity contribution in [1.82, 2.24) is 19.9 Å². The highest BCUT2D eigenvalue weighted by atomic mass is 35.5. The van der Waals surface area contributed by atoms with Gasteiger partial charge in [0.15, 0.2) is 5.69 Å². The topological polar surface area (TPSA) is 88.3 Å². The molecule has 0 saturated carbocycles. The van der Waals surface area contributed by atoms with Crippen LogP contribution in [0.25, 0.3) is 0 Å². The van der Waals surface area contributed by atoms with Gasteiger partial charge in [-0.15, -0.1) is 16.4 Å². The van der Waals surface area contributed by atoms with Gasteiger partial charge in [-0.3, -0.25) is 4.79 Å². The fourth-order valence-electron chi connectivity index (χ4n) is 2.52. The maximum atomic E-state index is 12.5. The number of hydrogen-bond acceptors (Lipinski definition) is 5. The first-order valence-electron chi connectivity index (χ1n) is 6.73. The smallest absolute Gasteiger partial charge is 0.358 e. The summed E-state index contributed by atoms with van der Waals surface area (Å²) < 4.78 is 2.01. The number of thiophene rings is 1. The number of amides is 1. The van der Waals surface area contributed by atoms with Gasteiger partial charge in [-0.25, -0.2) is 9.48 Å². The van der Waals surface area contributed by atoms with Gasteiger partial charge >= 0.3 is 5.97 Å². The van der Waals surface area contributed by atoms with Crippen molar-refractivity contribution in [3.8, 4) is 0 Å². The van der Waals surface area contributed by atoms with Crippen molar-refractivity contribution < 1.29 is 14.7 Å². The highest BCUT2D eigenvalue weighted by Crippen LogP contribution is 2.27. The van der Waals surface area contributed by atoms with E-state index in [1.807, 2.05) is 0 Å². The average Bonchev–Trinajstić information content (AvgIpc) is 3.15. The Balaban J connectivity index is 1.75. The number of aromatic carboxylic acids is 1. The quantitative estimate of drug-likeness (QED) is 0.925. The second kappa shape index (κ2) is 6.05. The Morgan fingerprint density at radius 2 is 2.27 bits per heavy atom. The predicted molar refractivity (Wildman–Crippen MR) is 80.5 cm³/mol. The molecule has 1 fully saturated rings.